The summed E-state index contributed by atoms with van der Waals surface area (Å²) < 4.78 is 0. The Bertz CT molecular complexity index is 466. The molecule has 74 valence electrons. The maximum absolute atomic E-state index is 10.5. The van der Waals surface area contributed by atoms with Crippen LogP contribution in [0.25, 0.3) is 11.3 Å². The molecule has 0 saturated heterocycles. The van der Waals surface area contributed by atoms with Gasteiger partial charge in [0.2, 0.25) is 0 Å². The van der Waals surface area contributed by atoms with Gasteiger partial charge in [-0.05, 0) is 11.6 Å². The monoisotopic (exact) mass is 199 g/mol. The van der Waals surface area contributed by atoms with Crippen LogP contribution < -0.4 is 5.11 Å². The lowest BCUT2D eigenvalue weighted by molar-refractivity contribution is -0.255. The number of carboxylic acid groups (broad SMARTS) is 1. The Hall–Kier alpha value is -2.23. The second kappa shape index (κ2) is 3.88. The molecule has 2 aromatic rings. The Morgan fingerprint density at radius 1 is 1.13 bits per heavy atom. The van der Waals surface area contributed by atoms with Crippen molar-refractivity contribution in [1.82, 2.24) is 9.97 Å². The summed E-state index contributed by atoms with van der Waals surface area (Å²) in [6, 6.07) is 8.12. The van der Waals surface area contributed by atoms with E-state index in [1.165, 1.54) is 18.5 Å². The predicted octanol–water partition coefficient (Wildman–Crippen LogP) is 0.507. The van der Waals surface area contributed by atoms with Crippen molar-refractivity contribution in [1.29, 1.82) is 0 Å². The fourth-order valence-corrected chi connectivity index (χ4v) is 1.24. The van der Waals surface area contributed by atoms with E-state index in [4.69, 9.17) is 0 Å². The Morgan fingerprint density at radius 3 is 2.40 bits per heavy atom. The van der Waals surface area contributed by atoms with Crippen LogP contribution >= 0.6 is 0 Å². The minimum atomic E-state index is -1.18. The summed E-state index contributed by atoms with van der Waals surface area (Å²) in [6.07, 6.45) is 3.08. The molecule has 1 aromatic heterocycles. The van der Waals surface area contributed by atoms with E-state index in [2.05, 4.69) is 9.97 Å². The number of hydrogen-bond donors (Lipinski definition) is 0. The van der Waals surface area contributed by atoms with Crippen LogP contribution in [0, 0.1) is 0 Å². The number of nitrogens with zero attached hydrogens (tertiary/aromatic N) is 2. The molecule has 0 saturated carbocycles. The van der Waals surface area contributed by atoms with Crippen LogP contribution in [0.1, 0.15) is 10.4 Å². The van der Waals surface area contributed by atoms with Gasteiger partial charge in [-0.25, -0.2) is 9.97 Å². The molecule has 2 rings (SSSR count). The maximum Gasteiger partial charge on any atom is 0.116 e. The van der Waals surface area contributed by atoms with Crippen molar-refractivity contribution in [2.45, 2.75) is 0 Å². The first-order chi connectivity index (χ1) is 7.27. The van der Waals surface area contributed by atoms with Crippen molar-refractivity contribution in [3.8, 4) is 11.3 Å². The van der Waals surface area contributed by atoms with Crippen molar-refractivity contribution >= 4 is 5.97 Å². The summed E-state index contributed by atoms with van der Waals surface area (Å²) in [5, 5.41) is 10.5. The molecular weight excluding hydrogens is 192 g/mol. The molecule has 0 fully saturated rings. The second-order valence-corrected chi connectivity index (χ2v) is 2.96. The molecule has 0 radical (unpaired) electrons. The van der Waals surface area contributed by atoms with Crippen molar-refractivity contribution in [3.63, 3.8) is 0 Å². The topological polar surface area (TPSA) is 65.9 Å². The third kappa shape index (κ3) is 1.99. The molecule has 0 N–H and O–H groups in total. The van der Waals surface area contributed by atoms with Crippen molar-refractivity contribution < 1.29 is 9.90 Å². The highest BCUT2D eigenvalue weighted by molar-refractivity contribution is 5.86. The molecule has 0 unspecified atom stereocenters. The largest absolute Gasteiger partial charge is 0.545 e. The minimum absolute atomic E-state index is 0.160. The number of carboxylic acids is 1. The highest BCUT2D eigenvalue weighted by Crippen LogP contribution is 2.15. The van der Waals surface area contributed by atoms with Gasteiger partial charge < -0.3 is 9.90 Å². The van der Waals surface area contributed by atoms with Crippen LogP contribution in [0.15, 0.2) is 42.9 Å². The van der Waals surface area contributed by atoms with Crippen LogP contribution in [0.5, 0.6) is 0 Å². The first kappa shape index (κ1) is 9.33. The fourth-order valence-electron chi connectivity index (χ4n) is 1.24. The fraction of sp³-hybridized carbons (Fsp3) is 0. The number of hydrogen-bond acceptors (Lipinski definition) is 4. The van der Waals surface area contributed by atoms with E-state index in [1.54, 1.807) is 24.4 Å². The van der Waals surface area contributed by atoms with Gasteiger partial charge in [0.1, 0.15) is 6.33 Å². The Morgan fingerprint density at radius 2 is 1.87 bits per heavy atom. The SMILES string of the molecule is O=C([O-])c1ccc(-c2ccncn2)cc1. The van der Waals surface area contributed by atoms with E-state index in [0.29, 0.717) is 0 Å². The van der Waals surface area contributed by atoms with Gasteiger partial charge in [-0.1, -0.05) is 24.3 Å². The molecule has 0 spiro atoms. The summed E-state index contributed by atoms with van der Waals surface area (Å²) in [5.74, 6) is -1.18. The number of aromatic carboxylic acids is 1. The first-order valence-corrected chi connectivity index (χ1v) is 4.35. The first-order valence-electron chi connectivity index (χ1n) is 4.35. The van der Waals surface area contributed by atoms with Crippen LogP contribution in [-0.2, 0) is 0 Å². The summed E-state index contributed by atoms with van der Waals surface area (Å²) in [7, 11) is 0. The summed E-state index contributed by atoms with van der Waals surface area (Å²) >= 11 is 0. The molecule has 0 aliphatic rings. The summed E-state index contributed by atoms with van der Waals surface area (Å²) in [4.78, 5) is 18.4. The highest BCUT2D eigenvalue weighted by Gasteiger charge is 1.98. The van der Waals surface area contributed by atoms with Gasteiger partial charge in [-0.3, -0.25) is 0 Å². The van der Waals surface area contributed by atoms with Gasteiger partial charge in [0.25, 0.3) is 0 Å². The van der Waals surface area contributed by atoms with Gasteiger partial charge in [0.15, 0.2) is 0 Å². The van der Waals surface area contributed by atoms with Crippen molar-refractivity contribution in [2.24, 2.45) is 0 Å². The van der Waals surface area contributed by atoms with E-state index >= 15 is 0 Å². The number of benzene rings is 1. The average molecular weight is 199 g/mol. The van der Waals surface area contributed by atoms with Gasteiger partial charge >= 0.3 is 0 Å². The quantitative estimate of drug-likeness (QED) is 0.706. The molecular formula is C11H7N2O2-. The van der Waals surface area contributed by atoms with Crippen LogP contribution in [0.3, 0.4) is 0 Å². The highest BCUT2D eigenvalue weighted by atomic mass is 16.4. The molecule has 4 nitrogen and oxygen atoms in total. The number of aromatic nitrogens is 2. The standard InChI is InChI=1S/C11H8N2O2/c14-11(15)9-3-1-8(2-4-9)10-5-6-12-7-13-10/h1-7H,(H,14,15)/p-1. The minimum Gasteiger partial charge on any atom is -0.545 e. The van der Waals surface area contributed by atoms with Crippen molar-refractivity contribution in [2.75, 3.05) is 0 Å². The van der Waals surface area contributed by atoms with Crippen molar-refractivity contribution in [3.05, 3.63) is 48.4 Å². The van der Waals surface area contributed by atoms with Gasteiger partial charge in [0.05, 0.1) is 11.7 Å². The maximum atomic E-state index is 10.5. The molecule has 0 atom stereocenters. The lowest BCUT2D eigenvalue weighted by Crippen LogP contribution is -2.21. The zero-order chi connectivity index (χ0) is 10.7. The molecule has 0 amide bonds. The smallest absolute Gasteiger partial charge is 0.116 e. The molecule has 0 aliphatic heterocycles. The Labute approximate surface area is 86.2 Å². The van der Waals surface area contributed by atoms with Gasteiger partial charge in [-0.2, -0.15) is 0 Å². The zero-order valence-electron chi connectivity index (χ0n) is 7.75. The normalized spacial score (nSPS) is 9.87. The molecule has 1 heterocycles. The Balaban J connectivity index is 2.36. The van der Waals surface area contributed by atoms with Crippen LogP contribution in [0.2, 0.25) is 0 Å². The molecule has 0 aliphatic carbocycles. The lowest BCUT2D eigenvalue weighted by Gasteiger charge is -2.03. The molecule has 1 aromatic carbocycles. The number of carbonyl (C=O) groups excluding carboxylic acids is 1. The van der Waals surface area contributed by atoms with E-state index in [1.807, 2.05) is 0 Å². The van der Waals surface area contributed by atoms with Gasteiger partial charge in [0, 0.05) is 11.8 Å². The third-order valence-electron chi connectivity index (χ3n) is 2.00. The van der Waals surface area contributed by atoms with Gasteiger partial charge in [-0.15, -0.1) is 0 Å². The zero-order valence-corrected chi connectivity index (χ0v) is 7.75. The predicted molar refractivity (Wildman–Crippen MR) is 51.8 cm³/mol. The van der Waals surface area contributed by atoms with Crippen LogP contribution in [-0.4, -0.2) is 15.9 Å². The van der Waals surface area contributed by atoms with E-state index < -0.39 is 5.97 Å². The summed E-state index contributed by atoms with van der Waals surface area (Å²) in [5.41, 5.74) is 1.77. The average Bonchev–Trinajstić information content (AvgIpc) is 2.30. The molecule has 15 heavy (non-hydrogen) atoms. The number of rotatable bonds is 2. The van der Waals surface area contributed by atoms with Crippen LogP contribution in [0.4, 0.5) is 0 Å². The Kier molecular flexibility index (Phi) is 2.41. The van der Waals surface area contributed by atoms with E-state index in [9.17, 15) is 9.90 Å². The molecule has 4 heteroatoms. The third-order valence-corrected chi connectivity index (χ3v) is 2.00. The molecule has 0 bridgehead atoms. The summed E-state index contributed by atoms with van der Waals surface area (Å²) in [6.45, 7) is 0. The van der Waals surface area contributed by atoms with E-state index in [-0.39, 0.29) is 5.56 Å². The second-order valence-electron chi connectivity index (χ2n) is 2.96. The number of carbonyl (C=O) groups is 1. The lowest BCUT2D eigenvalue weighted by atomic mass is 10.1. The van der Waals surface area contributed by atoms with E-state index in [0.717, 1.165) is 11.3 Å².